The van der Waals surface area contributed by atoms with Crippen molar-refractivity contribution in [2.75, 3.05) is 14.2 Å². The van der Waals surface area contributed by atoms with Crippen molar-refractivity contribution in [2.45, 2.75) is 12.8 Å². The summed E-state index contributed by atoms with van der Waals surface area (Å²) in [6.45, 7) is 0. The summed E-state index contributed by atoms with van der Waals surface area (Å²) in [5, 5.41) is 4.14. The lowest BCUT2D eigenvalue weighted by Crippen LogP contribution is -2.03. The Balaban J connectivity index is 1.64. The van der Waals surface area contributed by atoms with Gasteiger partial charge >= 0.3 is 0 Å². The summed E-state index contributed by atoms with van der Waals surface area (Å²) in [7, 11) is 3.19. The molecule has 6 nitrogen and oxygen atoms in total. The Bertz CT molecular complexity index is 965. The van der Waals surface area contributed by atoms with Gasteiger partial charge in [0.05, 0.1) is 19.8 Å². The molecular weight excluding hydrogens is 346 g/mol. The van der Waals surface area contributed by atoms with Gasteiger partial charge in [0.15, 0.2) is 23.0 Å². The molecule has 6 heteroatoms. The van der Waals surface area contributed by atoms with Gasteiger partial charge in [0.2, 0.25) is 0 Å². The van der Waals surface area contributed by atoms with Gasteiger partial charge in [0.25, 0.3) is 0 Å². The summed E-state index contributed by atoms with van der Waals surface area (Å²) in [5.74, 6) is 2.48. The minimum atomic E-state index is 0.536. The van der Waals surface area contributed by atoms with Gasteiger partial charge in [0, 0.05) is 5.56 Å². The summed E-state index contributed by atoms with van der Waals surface area (Å²) in [6, 6.07) is 5.55. The topological polar surface area (TPSA) is 63.0 Å². The van der Waals surface area contributed by atoms with Crippen LogP contribution in [0.15, 0.2) is 71.1 Å². The van der Waals surface area contributed by atoms with E-state index in [1.165, 1.54) is 0 Å². The van der Waals surface area contributed by atoms with Crippen LogP contribution in [0.5, 0.6) is 11.5 Å². The number of ether oxygens (including phenoxy) is 4. The van der Waals surface area contributed by atoms with Gasteiger partial charge in [0.1, 0.15) is 24.5 Å². The number of methoxy groups -OCH3 is 2. The standard InChI is InChI=1S/C21H19NO5/c1-23-17-9-8-15(10-18(17)24-2)21-16(11-26-22-21)20-13-25-12-19(27-20)14-6-4-3-5-7-14/h3-4,6,8-13H,5,7H2,1-2H3. The summed E-state index contributed by atoms with van der Waals surface area (Å²) in [6.07, 6.45) is 12.8. The van der Waals surface area contributed by atoms with Gasteiger partial charge < -0.3 is 23.5 Å². The molecule has 1 aliphatic heterocycles. The van der Waals surface area contributed by atoms with Crippen LogP contribution in [0.1, 0.15) is 18.4 Å². The third-order valence-corrected chi connectivity index (χ3v) is 4.39. The van der Waals surface area contributed by atoms with E-state index in [0.29, 0.717) is 34.3 Å². The van der Waals surface area contributed by atoms with Crippen LogP contribution in [0.4, 0.5) is 0 Å². The van der Waals surface area contributed by atoms with E-state index in [2.05, 4.69) is 11.2 Å². The number of aromatic nitrogens is 1. The second-order valence-electron chi connectivity index (χ2n) is 6.01. The first-order valence-electron chi connectivity index (χ1n) is 8.57. The Hall–Kier alpha value is -3.41. The van der Waals surface area contributed by atoms with Crippen LogP contribution in [0.25, 0.3) is 17.0 Å². The van der Waals surface area contributed by atoms with Crippen LogP contribution in [-0.4, -0.2) is 19.4 Å². The van der Waals surface area contributed by atoms with E-state index in [-0.39, 0.29) is 0 Å². The molecule has 2 aliphatic rings. The Morgan fingerprint density at radius 3 is 2.67 bits per heavy atom. The van der Waals surface area contributed by atoms with Gasteiger partial charge in [-0.05, 0) is 36.6 Å². The first-order valence-corrected chi connectivity index (χ1v) is 8.57. The number of rotatable bonds is 5. The van der Waals surface area contributed by atoms with Crippen LogP contribution in [0, 0.1) is 0 Å². The van der Waals surface area contributed by atoms with E-state index in [1.807, 2.05) is 30.4 Å². The SMILES string of the molecule is COc1ccc(-c2nocc2C2=COC=C(C3=CC=CCC3)O2)cc1OC. The van der Waals surface area contributed by atoms with Crippen molar-refractivity contribution in [1.29, 1.82) is 0 Å². The van der Waals surface area contributed by atoms with E-state index < -0.39 is 0 Å². The van der Waals surface area contributed by atoms with E-state index in [9.17, 15) is 0 Å². The molecule has 0 bridgehead atoms. The monoisotopic (exact) mass is 365 g/mol. The predicted octanol–water partition coefficient (Wildman–Crippen LogP) is 4.82. The summed E-state index contributed by atoms with van der Waals surface area (Å²) < 4.78 is 27.5. The molecule has 0 N–H and O–H groups in total. The number of allylic oxidation sites excluding steroid dienone is 4. The predicted molar refractivity (Wildman–Crippen MR) is 99.7 cm³/mol. The quantitative estimate of drug-likeness (QED) is 0.757. The Morgan fingerprint density at radius 2 is 1.89 bits per heavy atom. The maximum Gasteiger partial charge on any atom is 0.175 e. The van der Waals surface area contributed by atoms with Crippen molar-refractivity contribution < 1.29 is 23.5 Å². The number of nitrogens with zero attached hydrogens (tertiary/aromatic N) is 1. The molecule has 0 unspecified atom stereocenters. The molecule has 138 valence electrons. The highest BCUT2D eigenvalue weighted by atomic mass is 16.5. The Labute approximate surface area is 157 Å². The minimum Gasteiger partial charge on any atom is -0.493 e. The highest BCUT2D eigenvalue weighted by Crippen LogP contribution is 2.37. The third-order valence-electron chi connectivity index (χ3n) is 4.39. The van der Waals surface area contributed by atoms with Crippen molar-refractivity contribution in [1.82, 2.24) is 5.16 Å². The average molecular weight is 365 g/mol. The number of hydrogen-bond donors (Lipinski definition) is 0. The lowest BCUT2D eigenvalue weighted by Gasteiger charge is -2.19. The van der Waals surface area contributed by atoms with Crippen LogP contribution < -0.4 is 9.47 Å². The van der Waals surface area contributed by atoms with E-state index in [0.717, 1.165) is 24.0 Å². The van der Waals surface area contributed by atoms with Crippen molar-refractivity contribution in [3.05, 3.63) is 72.1 Å². The smallest absolute Gasteiger partial charge is 0.175 e. The van der Waals surface area contributed by atoms with E-state index in [4.69, 9.17) is 23.5 Å². The minimum absolute atomic E-state index is 0.536. The fourth-order valence-corrected chi connectivity index (χ4v) is 3.00. The van der Waals surface area contributed by atoms with Gasteiger partial charge in [-0.3, -0.25) is 0 Å². The van der Waals surface area contributed by atoms with E-state index in [1.54, 1.807) is 33.0 Å². The van der Waals surface area contributed by atoms with Crippen molar-refractivity contribution >= 4 is 5.76 Å². The van der Waals surface area contributed by atoms with Crippen LogP contribution >= 0.6 is 0 Å². The zero-order valence-corrected chi connectivity index (χ0v) is 15.1. The molecule has 2 heterocycles. The fourth-order valence-electron chi connectivity index (χ4n) is 3.00. The molecule has 1 aromatic heterocycles. The van der Waals surface area contributed by atoms with Gasteiger partial charge in [-0.2, -0.15) is 0 Å². The van der Waals surface area contributed by atoms with Crippen LogP contribution in [0.3, 0.4) is 0 Å². The zero-order valence-electron chi connectivity index (χ0n) is 15.1. The lowest BCUT2D eigenvalue weighted by molar-refractivity contribution is 0.285. The van der Waals surface area contributed by atoms with Crippen molar-refractivity contribution in [3.63, 3.8) is 0 Å². The molecule has 0 radical (unpaired) electrons. The normalized spacial score (nSPS) is 15.9. The maximum absolute atomic E-state index is 6.07. The molecule has 1 aromatic carbocycles. The first-order chi connectivity index (χ1) is 13.3. The second-order valence-corrected chi connectivity index (χ2v) is 6.01. The van der Waals surface area contributed by atoms with Gasteiger partial charge in [-0.1, -0.05) is 23.4 Å². The highest BCUT2D eigenvalue weighted by Gasteiger charge is 2.22. The molecule has 1 aliphatic carbocycles. The molecule has 0 atom stereocenters. The molecule has 4 rings (SSSR count). The molecule has 0 fully saturated rings. The summed E-state index contributed by atoms with van der Waals surface area (Å²) >= 11 is 0. The van der Waals surface area contributed by atoms with Crippen molar-refractivity contribution in [2.24, 2.45) is 0 Å². The highest BCUT2D eigenvalue weighted by molar-refractivity contribution is 5.77. The Kier molecular flexibility index (Phi) is 4.70. The average Bonchev–Trinajstić information content (AvgIpc) is 3.24. The van der Waals surface area contributed by atoms with Gasteiger partial charge in [-0.15, -0.1) is 0 Å². The summed E-state index contributed by atoms with van der Waals surface area (Å²) in [5.41, 5.74) is 3.23. The molecule has 27 heavy (non-hydrogen) atoms. The number of hydrogen-bond acceptors (Lipinski definition) is 6. The molecule has 2 aromatic rings. The molecule has 0 amide bonds. The molecule has 0 saturated heterocycles. The molecule has 0 spiro atoms. The molecular formula is C21H19NO5. The lowest BCUT2D eigenvalue weighted by atomic mass is 10.0. The van der Waals surface area contributed by atoms with Gasteiger partial charge in [-0.25, -0.2) is 0 Å². The summed E-state index contributed by atoms with van der Waals surface area (Å²) in [4.78, 5) is 0. The van der Waals surface area contributed by atoms with Crippen LogP contribution in [0.2, 0.25) is 0 Å². The van der Waals surface area contributed by atoms with E-state index >= 15 is 0 Å². The first kappa shape index (κ1) is 17.0. The van der Waals surface area contributed by atoms with Crippen LogP contribution in [-0.2, 0) is 9.47 Å². The Morgan fingerprint density at radius 1 is 1.04 bits per heavy atom. The van der Waals surface area contributed by atoms with Crippen molar-refractivity contribution in [3.8, 4) is 22.8 Å². The maximum atomic E-state index is 6.07. The largest absolute Gasteiger partial charge is 0.493 e. The zero-order chi connectivity index (χ0) is 18.6. The third kappa shape index (κ3) is 3.33. The fraction of sp³-hybridized carbons (Fsp3) is 0.190. The molecule has 0 saturated carbocycles. The number of benzene rings is 1. The second kappa shape index (κ2) is 7.45.